The molecule has 0 saturated carbocycles. The predicted octanol–water partition coefficient (Wildman–Crippen LogP) is 1.98. The first-order valence-electron chi connectivity index (χ1n) is 4.03. The Bertz CT molecular complexity index is 333. The average Bonchev–Trinajstić information content (AvgIpc) is 2.11. The molecule has 0 fully saturated rings. The molecule has 14 heavy (non-hydrogen) atoms. The van der Waals surface area contributed by atoms with Gasteiger partial charge in [-0.15, -0.1) is 0 Å². The quantitative estimate of drug-likeness (QED) is 0.820. The molecule has 78 valence electrons. The maximum Gasteiger partial charge on any atom is 0.159 e. The van der Waals surface area contributed by atoms with E-state index in [0.717, 1.165) is 12.1 Å². The van der Waals surface area contributed by atoms with Crippen molar-refractivity contribution in [1.29, 1.82) is 0 Å². The first kappa shape index (κ1) is 11.6. The van der Waals surface area contributed by atoms with Crippen LogP contribution in [-0.4, -0.2) is 18.7 Å². The van der Waals surface area contributed by atoms with Gasteiger partial charge >= 0.3 is 0 Å². The minimum absolute atomic E-state index is 0.281. The van der Waals surface area contributed by atoms with Gasteiger partial charge in [-0.1, -0.05) is 15.9 Å². The SMILES string of the molecule is CNCC(O)c1cc(F)c(F)cc1Br. The van der Waals surface area contributed by atoms with Crippen LogP contribution in [-0.2, 0) is 0 Å². The van der Waals surface area contributed by atoms with Crippen LogP contribution in [0, 0.1) is 11.6 Å². The highest BCUT2D eigenvalue weighted by molar-refractivity contribution is 9.10. The predicted molar refractivity (Wildman–Crippen MR) is 52.9 cm³/mol. The Morgan fingerprint density at radius 1 is 1.43 bits per heavy atom. The fourth-order valence-corrected chi connectivity index (χ4v) is 1.68. The lowest BCUT2D eigenvalue weighted by atomic mass is 10.1. The molecule has 1 unspecified atom stereocenters. The first-order chi connectivity index (χ1) is 6.56. The Labute approximate surface area is 89.1 Å². The number of benzene rings is 1. The van der Waals surface area contributed by atoms with Gasteiger partial charge in [0.25, 0.3) is 0 Å². The van der Waals surface area contributed by atoms with Crippen molar-refractivity contribution in [1.82, 2.24) is 5.32 Å². The summed E-state index contributed by atoms with van der Waals surface area (Å²) >= 11 is 3.06. The summed E-state index contributed by atoms with van der Waals surface area (Å²) in [6.07, 6.45) is -0.857. The van der Waals surface area contributed by atoms with E-state index in [1.807, 2.05) is 0 Å². The molecule has 0 aromatic heterocycles. The molecule has 0 saturated heterocycles. The molecule has 0 amide bonds. The Hall–Kier alpha value is -0.520. The van der Waals surface area contributed by atoms with Crippen LogP contribution in [0.2, 0.25) is 0 Å². The van der Waals surface area contributed by atoms with Crippen molar-refractivity contribution in [2.75, 3.05) is 13.6 Å². The molecule has 1 aromatic rings. The van der Waals surface area contributed by atoms with E-state index in [4.69, 9.17) is 0 Å². The van der Waals surface area contributed by atoms with E-state index in [9.17, 15) is 13.9 Å². The lowest BCUT2D eigenvalue weighted by Crippen LogP contribution is -2.17. The van der Waals surface area contributed by atoms with Crippen molar-refractivity contribution in [3.63, 3.8) is 0 Å². The second kappa shape index (κ2) is 4.82. The van der Waals surface area contributed by atoms with E-state index in [2.05, 4.69) is 21.2 Å². The summed E-state index contributed by atoms with van der Waals surface area (Å²) in [6.45, 7) is 0.281. The smallest absolute Gasteiger partial charge is 0.159 e. The largest absolute Gasteiger partial charge is 0.387 e. The van der Waals surface area contributed by atoms with Gasteiger partial charge in [0.15, 0.2) is 11.6 Å². The second-order valence-electron chi connectivity index (χ2n) is 2.86. The zero-order chi connectivity index (χ0) is 10.7. The molecule has 1 aromatic carbocycles. The molecule has 0 heterocycles. The summed E-state index contributed by atoms with van der Waals surface area (Å²) in [4.78, 5) is 0. The Morgan fingerprint density at radius 3 is 2.57 bits per heavy atom. The molecule has 0 aliphatic heterocycles. The summed E-state index contributed by atoms with van der Waals surface area (Å²) in [5.74, 6) is -1.89. The van der Waals surface area contributed by atoms with E-state index in [1.54, 1.807) is 7.05 Å². The van der Waals surface area contributed by atoms with Crippen molar-refractivity contribution < 1.29 is 13.9 Å². The highest BCUT2D eigenvalue weighted by atomic mass is 79.9. The van der Waals surface area contributed by atoms with E-state index in [-0.39, 0.29) is 6.54 Å². The highest BCUT2D eigenvalue weighted by Crippen LogP contribution is 2.25. The molecular weight excluding hydrogens is 256 g/mol. The lowest BCUT2D eigenvalue weighted by molar-refractivity contribution is 0.176. The second-order valence-corrected chi connectivity index (χ2v) is 3.72. The van der Waals surface area contributed by atoms with Gasteiger partial charge in [0.1, 0.15) is 0 Å². The fraction of sp³-hybridized carbons (Fsp3) is 0.333. The number of nitrogens with one attached hydrogen (secondary N) is 1. The molecule has 1 rings (SSSR count). The summed E-state index contributed by atoms with van der Waals surface area (Å²) < 4.78 is 25.9. The van der Waals surface area contributed by atoms with Crippen LogP contribution >= 0.6 is 15.9 Å². The van der Waals surface area contributed by atoms with Gasteiger partial charge in [0.2, 0.25) is 0 Å². The third kappa shape index (κ3) is 2.50. The summed E-state index contributed by atoms with van der Waals surface area (Å²) in [5, 5.41) is 12.3. The summed E-state index contributed by atoms with van der Waals surface area (Å²) in [7, 11) is 1.66. The number of halogens is 3. The number of rotatable bonds is 3. The van der Waals surface area contributed by atoms with Crippen LogP contribution in [0.4, 0.5) is 8.78 Å². The number of aliphatic hydroxyl groups is 1. The number of aliphatic hydroxyl groups excluding tert-OH is 1. The van der Waals surface area contributed by atoms with E-state index in [1.165, 1.54) is 0 Å². The van der Waals surface area contributed by atoms with Gasteiger partial charge in [-0.2, -0.15) is 0 Å². The molecule has 0 aliphatic carbocycles. The molecular formula is C9H10BrF2NO. The Kier molecular flexibility index (Phi) is 3.97. The van der Waals surface area contributed by atoms with Gasteiger partial charge in [-0.25, -0.2) is 8.78 Å². The standard InChI is InChI=1S/C9H10BrF2NO/c1-13-4-9(14)5-2-7(11)8(12)3-6(5)10/h2-3,9,13-14H,4H2,1H3. The van der Waals surface area contributed by atoms with Gasteiger partial charge in [0.05, 0.1) is 6.10 Å². The third-order valence-electron chi connectivity index (χ3n) is 1.80. The topological polar surface area (TPSA) is 32.3 Å². The van der Waals surface area contributed by atoms with Crippen molar-refractivity contribution >= 4 is 15.9 Å². The molecule has 0 aliphatic rings. The average molecular weight is 266 g/mol. The van der Waals surface area contributed by atoms with Crippen molar-refractivity contribution in [2.24, 2.45) is 0 Å². The Morgan fingerprint density at radius 2 is 2.00 bits per heavy atom. The molecule has 1 atom stereocenters. The van der Waals surface area contributed by atoms with Crippen molar-refractivity contribution in [2.45, 2.75) is 6.10 Å². The fourth-order valence-electron chi connectivity index (χ4n) is 1.10. The zero-order valence-electron chi connectivity index (χ0n) is 7.52. The van der Waals surface area contributed by atoms with Gasteiger partial charge in [0, 0.05) is 11.0 Å². The number of hydrogen-bond donors (Lipinski definition) is 2. The minimum Gasteiger partial charge on any atom is -0.387 e. The zero-order valence-corrected chi connectivity index (χ0v) is 9.11. The molecule has 0 bridgehead atoms. The molecule has 0 radical (unpaired) electrons. The van der Waals surface area contributed by atoms with Crippen LogP contribution in [0.3, 0.4) is 0 Å². The van der Waals surface area contributed by atoms with E-state index in [0.29, 0.717) is 10.0 Å². The number of likely N-dealkylation sites (N-methyl/N-ethyl adjacent to an activating group) is 1. The van der Waals surface area contributed by atoms with Crippen molar-refractivity contribution in [3.8, 4) is 0 Å². The lowest BCUT2D eigenvalue weighted by Gasteiger charge is -2.12. The third-order valence-corrected chi connectivity index (χ3v) is 2.48. The molecule has 2 N–H and O–H groups in total. The molecule has 2 nitrogen and oxygen atoms in total. The monoisotopic (exact) mass is 265 g/mol. The van der Waals surface area contributed by atoms with Crippen LogP contribution < -0.4 is 5.32 Å². The van der Waals surface area contributed by atoms with Crippen molar-refractivity contribution in [3.05, 3.63) is 33.8 Å². The first-order valence-corrected chi connectivity index (χ1v) is 4.82. The maximum atomic E-state index is 12.8. The van der Waals surface area contributed by atoms with Crippen LogP contribution in [0.5, 0.6) is 0 Å². The van der Waals surface area contributed by atoms with Crippen LogP contribution in [0.1, 0.15) is 11.7 Å². The van der Waals surface area contributed by atoms with Gasteiger partial charge in [-0.3, -0.25) is 0 Å². The normalized spacial score (nSPS) is 12.9. The van der Waals surface area contributed by atoms with Gasteiger partial charge in [-0.05, 0) is 24.7 Å². The van der Waals surface area contributed by atoms with Crippen LogP contribution in [0.15, 0.2) is 16.6 Å². The minimum atomic E-state index is -0.960. The summed E-state index contributed by atoms with van der Waals surface area (Å²) in [5.41, 5.74) is 0.332. The molecule has 5 heteroatoms. The van der Waals surface area contributed by atoms with E-state index < -0.39 is 17.7 Å². The summed E-state index contributed by atoms with van der Waals surface area (Å²) in [6, 6.07) is 1.99. The Balaban J connectivity index is 3.02. The maximum absolute atomic E-state index is 12.8. The molecule has 0 spiro atoms. The van der Waals surface area contributed by atoms with Gasteiger partial charge < -0.3 is 10.4 Å². The highest BCUT2D eigenvalue weighted by Gasteiger charge is 2.14. The number of hydrogen-bond acceptors (Lipinski definition) is 2. The van der Waals surface area contributed by atoms with Crippen LogP contribution in [0.25, 0.3) is 0 Å². The van der Waals surface area contributed by atoms with E-state index >= 15 is 0 Å².